The van der Waals surface area contributed by atoms with Gasteiger partial charge in [-0.05, 0) is 79.9 Å². The molecule has 0 aliphatic heterocycles. The number of hydrogen-bond donors (Lipinski definition) is 0. The molecule has 1 aromatic rings. The Labute approximate surface area is 133 Å². The molecule has 0 aromatic heterocycles. The first-order valence-electron chi connectivity index (χ1n) is 8.92. The van der Waals surface area contributed by atoms with Crippen molar-refractivity contribution in [2.45, 2.75) is 58.3 Å². The monoisotopic (exact) mass is 298 g/mol. The van der Waals surface area contributed by atoms with Gasteiger partial charge in [-0.3, -0.25) is 4.79 Å². The van der Waals surface area contributed by atoms with Crippen LogP contribution in [0.5, 0.6) is 5.75 Å². The Bertz CT molecular complexity index is 572. The number of hydrogen-bond acceptors (Lipinski definition) is 2. The van der Waals surface area contributed by atoms with Crippen LogP contribution in [0.25, 0.3) is 0 Å². The second-order valence-corrected chi connectivity index (χ2v) is 8.02. The molecule has 4 aliphatic carbocycles. The zero-order valence-corrected chi connectivity index (χ0v) is 13.7. The van der Waals surface area contributed by atoms with Crippen molar-refractivity contribution in [2.24, 2.45) is 23.2 Å². The lowest BCUT2D eigenvalue weighted by Gasteiger charge is -2.35. The summed E-state index contributed by atoms with van der Waals surface area (Å²) < 4.78 is 5.84. The van der Waals surface area contributed by atoms with Crippen LogP contribution >= 0.6 is 0 Å². The number of carbonyl (C=O) groups excluding carboxylic acids is 1. The molecule has 5 rings (SSSR count). The van der Waals surface area contributed by atoms with Gasteiger partial charge in [-0.25, -0.2) is 0 Å². The second-order valence-electron chi connectivity index (χ2n) is 8.02. The van der Waals surface area contributed by atoms with E-state index in [-0.39, 0.29) is 11.4 Å². The fourth-order valence-electron chi connectivity index (χ4n) is 5.40. The summed E-state index contributed by atoms with van der Waals surface area (Å²) in [5.41, 5.74) is 1.11. The van der Waals surface area contributed by atoms with Gasteiger partial charge in [0.05, 0.1) is 5.41 Å². The van der Waals surface area contributed by atoms with Gasteiger partial charge in [0.2, 0.25) is 0 Å². The Morgan fingerprint density at radius 1 is 1.27 bits per heavy atom. The summed E-state index contributed by atoms with van der Waals surface area (Å²) in [5, 5.41) is 0. The number of esters is 1. The second kappa shape index (κ2) is 5.11. The average Bonchev–Trinajstić information content (AvgIpc) is 2.94. The van der Waals surface area contributed by atoms with Gasteiger partial charge in [0, 0.05) is 0 Å². The van der Waals surface area contributed by atoms with E-state index in [1.54, 1.807) is 0 Å². The molecule has 118 valence electrons. The highest BCUT2D eigenvalue weighted by molar-refractivity contribution is 5.80. The maximum Gasteiger partial charge on any atom is 0.317 e. The molecule has 2 heteroatoms. The van der Waals surface area contributed by atoms with Gasteiger partial charge in [0.1, 0.15) is 5.75 Å². The smallest absolute Gasteiger partial charge is 0.317 e. The Morgan fingerprint density at radius 2 is 2.00 bits per heavy atom. The van der Waals surface area contributed by atoms with Gasteiger partial charge >= 0.3 is 5.97 Å². The van der Waals surface area contributed by atoms with Gasteiger partial charge in [-0.1, -0.05) is 26.0 Å². The summed E-state index contributed by atoms with van der Waals surface area (Å²) in [7, 11) is 0. The molecule has 4 aliphatic rings. The molecule has 4 bridgehead atoms. The van der Waals surface area contributed by atoms with E-state index in [0.717, 1.165) is 49.2 Å². The molecule has 2 nitrogen and oxygen atoms in total. The first kappa shape index (κ1) is 14.3. The van der Waals surface area contributed by atoms with Crippen LogP contribution in [-0.4, -0.2) is 5.97 Å². The molecule has 0 spiro atoms. The van der Waals surface area contributed by atoms with Gasteiger partial charge < -0.3 is 4.74 Å². The lowest BCUT2D eigenvalue weighted by Crippen LogP contribution is -2.38. The highest BCUT2D eigenvalue weighted by atomic mass is 16.5. The minimum absolute atomic E-state index is 0.0469. The Kier molecular flexibility index (Phi) is 3.32. The van der Waals surface area contributed by atoms with Crippen molar-refractivity contribution in [2.75, 3.05) is 0 Å². The van der Waals surface area contributed by atoms with Crippen LogP contribution in [0.15, 0.2) is 24.3 Å². The summed E-state index contributed by atoms with van der Waals surface area (Å²) in [6.45, 7) is 4.41. The quantitative estimate of drug-likeness (QED) is 0.582. The van der Waals surface area contributed by atoms with Gasteiger partial charge in [0.15, 0.2) is 0 Å². The molecule has 3 atom stereocenters. The van der Waals surface area contributed by atoms with Crippen LogP contribution in [0.1, 0.15) is 63.9 Å². The number of carbonyl (C=O) groups is 1. The number of rotatable bonds is 4. The van der Waals surface area contributed by atoms with Crippen molar-refractivity contribution in [1.82, 2.24) is 0 Å². The van der Waals surface area contributed by atoms with Crippen LogP contribution in [0, 0.1) is 23.2 Å². The molecular weight excluding hydrogens is 272 g/mol. The lowest BCUT2D eigenvalue weighted by atomic mass is 9.69. The minimum Gasteiger partial charge on any atom is -0.426 e. The molecule has 1 aromatic carbocycles. The highest BCUT2D eigenvalue weighted by Gasteiger charge is 2.60. The van der Waals surface area contributed by atoms with Crippen molar-refractivity contribution in [3.8, 4) is 5.75 Å². The average molecular weight is 298 g/mol. The van der Waals surface area contributed by atoms with Crippen molar-refractivity contribution >= 4 is 5.97 Å². The lowest BCUT2D eigenvalue weighted by molar-refractivity contribution is -0.148. The molecular formula is C20H26O2. The first-order valence-corrected chi connectivity index (χ1v) is 8.92. The zero-order valence-electron chi connectivity index (χ0n) is 13.7. The van der Waals surface area contributed by atoms with Crippen LogP contribution in [-0.2, 0) is 4.79 Å². The van der Waals surface area contributed by atoms with E-state index in [0.29, 0.717) is 5.92 Å². The topological polar surface area (TPSA) is 26.3 Å². The fourth-order valence-corrected chi connectivity index (χ4v) is 5.40. The van der Waals surface area contributed by atoms with Crippen LogP contribution < -0.4 is 4.74 Å². The van der Waals surface area contributed by atoms with Crippen molar-refractivity contribution in [1.29, 1.82) is 0 Å². The fraction of sp³-hybridized carbons (Fsp3) is 0.650. The Hall–Kier alpha value is -1.31. The predicted molar refractivity (Wildman–Crippen MR) is 86.8 cm³/mol. The van der Waals surface area contributed by atoms with E-state index in [4.69, 9.17) is 4.74 Å². The predicted octanol–water partition coefficient (Wildman–Crippen LogP) is 4.93. The summed E-state index contributed by atoms with van der Waals surface area (Å²) in [4.78, 5) is 12.8. The molecule has 22 heavy (non-hydrogen) atoms. The molecule has 0 heterocycles. The van der Waals surface area contributed by atoms with Crippen LogP contribution in [0.3, 0.4) is 0 Å². The van der Waals surface area contributed by atoms with Gasteiger partial charge in [-0.2, -0.15) is 0 Å². The molecule has 4 fully saturated rings. The van der Waals surface area contributed by atoms with E-state index >= 15 is 0 Å². The Balaban J connectivity index is 1.51. The summed E-state index contributed by atoms with van der Waals surface area (Å²) >= 11 is 0. The molecule has 4 saturated carbocycles. The van der Waals surface area contributed by atoms with Crippen molar-refractivity contribution in [3.05, 3.63) is 29.8 Å². The molecule has 0 N–H and O–H groups in total. The molecule has 0 radical (unpaired) electrons. The third-order valence-electron chi connectivity index (χ3n) is 6.61. The van der Waals surface area contributed by atoms with Gasteiger partial charge in [-0.15, -0.1) is 0 Å². The third kappa shape index (κ3) is 2.19. The maximum atomic E-state index is 12.8. The number of benzene rings is 1. The summed E-state index contributed by atoms with van der Waals surface area (Å²) in [6, 6.07) is 8.12. The standard InChI is InChI=1S/C20H26O2/c1-3-13(2)15-5-4-6-18(9-15)22-19(21)20-10-14-7-16(11-20)17(8-14)12-20/h4-6,9,13-14,16-17H,3,7-8,10-12H2,1-2H3. The van der Waals surface area contributed by atoms with Gasteiger partial charge in [0.25, 0.3) is 0 Å². The molecule has 0 saturated heterocycles. The van der Waals surface area contributed by atoms with Crippen LogP contribution in [0.2, 0.25) is 0 Å². The maximum absolute atomic E-state index is 12.8. The third-order valence-corrected chi connectivity index (χ3v) is 6.61. The SMILES string of the molecule is CCC(C)c1cccc(OC(=O)C23CC4CC(C2)C(C4)C3)c1. The summed E-state index contributed by atoms with van der Waals surface area (Å²) in [5.74, 6) is 3.69. The summed E-state index contributed by atoms with van der Waals surface area (Å²) in [6.07, 6.45) is 7.07. The highest BCUT2D eigenvalue weighted by Crippen LogP contribution is 2.64. The number of ether oxygens (including phenoxy) is 1. The van der Waals surface area contributed by atoms with E-state index in [1.807, 2.05) is 12.1 Å². The largest absolute Gasteiger partial charge is 0.426 e. The van der Waals surface area contributed by atoms with Crippen LogP contribution in [0.4, 0.5) is 0 Å². The first-order chi connectivity index (χ1) is 10.6. The van der Waals surface area contributed by atoms with E-state index < -0.39 is 0 Å². The van der Waals surface area contributed by atoms with Crippen molar-refractivity contribution < 1.29 is 9.53 Å². The van der Waals surface area contributed by atoms with E-state index in [9.17, 15) is 4.79 Å². The normalized spacial score (nSPS) is 36.5. The van der Waals surface area contributed by atoms with Crippen molar-refractivity contribution in [3.63, 3.8) is 0 Å². The Morgan fingerprint density at radius 3 is 2.64 bits per heavy atom. The minimum atomic E-state index is -0.150. The molecule has 0 amide bonds. The zero-order chi connectivity index (χ0) is 15.3. The van der Waals surface area contributed by atoms with E-state index in [1.165, 1.54) is 18.4 Å². The molecule has 3 unspecified atom stereocenters. The van der Waals surface area contributed by atoms with E-state index in [2.05, 4.69) is 26.0 Å².